The molecule has 2 heterocycles. The zero-order chi connectivity index (χ0) is 15.1. The minimum absolute atomic E-state index is 0.0520. The van der Waals surface area contributed by atoms with Gasteiger partial charge < -0.3 is 16.0 Å². The number of benzene rings is 1. The number of nitrogens with two attached hydrogens (primary N) is 1. The van der Waals surface area contributed by atoms with Crippen LogP contribution in [0.15, 0.2) is 24.4 Å². The van der Waals surface area contributed by atoms with Crippen LogP contribution in [0.25, 0.3) is 5.57 Å². The van der Waals surface area contributed by atoms with Crippen LogP contribution in [-0.2, 0) is 6.42 Å². The lowest BCUT2D eigenvalue weighted by Crippen LogP contribution is -2.44. The lowest BCUT2D eigenvalue weighted by atomic mass is 9.87. The second kappa shape index (κ2) is 5.19. The van der Waals surface area contributed by atoms with Gasteiger partial charge in [-0.3, -0.25) is 0 Å². The number of halogens is 1. The molecule has 0 radical (unpaired) electrons. The summed E-state index contributed by atoms with van der Waals surface area (Å²) in [5.74, 6) is -0.191. The van der Waals surface area contributed by atoms with E-state index >= 15 is 0 Å². The Hall–Kier alpha value is -1.81. The third kappa shape index (κ3) is 2.14. The molecule has 2 aliphatic heterocycles. The SMILES string of the molecule is C=C1C(C)=CN2c3c1cc(F)c(NCCC)c3CCC2N. The van der Waals surface area contributed by atoms with Crippen LogP contribution in [0.5, 0.6) is 0 Å². The van der Waals surface area contributed by atoms with Crippen LogP contribution in [0.4, 0.5) is 15.8 Å². The van der Waals surface area contributed by atoms with Crippen molar-refractivity contribution in [3.63, 3.8) is 0 Å². The molecule has 1 unspecified atom stereocenters. The molecule has 0 aliphatic carbocycles. The molecule has 1 atom stereocenters. The standard InChI is InChI=1S/C17H22FN3/c1-4-7-20-16-12-5-6-15(19)21-9-10(2)11(3)13(17(12)21)8-14(16)18/h8-9,15,20H,3-7,19H2,1-2H3. The molecule has 1 aromatic rings. The molecule has 0 saturated heterocycles. The highest BCUT2D eigenvalue weighted by atomic mass is 19.1. The Kier molecular flexibility index (Phi) is 3.49. The minimum atomic E-state index is -0.191. The second-order valence-corrected chi connectivity index (χ2v) is 5.84. The smallest absolute Gasteiger partial charge is 0.147 e. The van der Waals surface area contributed by atoms with E-state index in [1.54, 1.807) is 6.07 Å². The fraction of sp³-hybridized carbons (Fsp3) is 0.412. The molecule has 0 bridgehead atoms. The Morgan fingerprint density at radius 3 is 3.00 bits per heavy atom. The van der Waals surface area contributed by atoms with E-state index in [-0.39, 0.29) is 12.0 Å². The summed E-state index contributed by atoms with van der Waals surface area (Å²) in [6.45, 7) is 8.94. The number of nitrogens with one attached hydrogen (secondary N) is 1. The van der Waals surface area contributed by atoms with Crippen LogP contribution in [0.1, 0.15) is 37.8 Å². The first-order valence-corrected chi connectivity index (χ1v) is 7.55. The first-order valence-electron chi connectivity index (χ1n) is 7.55. The number of anilines is 2. The molecule has 0 fully saturated rings. The minimum Gasteiger partial charge on any atom is -0.382 e. The third-order valence-corrected chi connectivity index (χ3v) is 4.34. The maximum Gasteiger partial charge on any atom is 0.147 e. The third-order valence-electron chi connectivity index (χ3n) is 4.34. The summed E-state index contributed by atoms with van der Waals surface area (Å²) in [7, 11) is 0. The van der Waals surface area contributed by atoms with E-state index in [4.69, 9.17) is 5.73 Å². The molecule has 112 valence electrons. The van der Waals surface area contributed by atoms with E-state index in [9.17, 15) is 4.39 Å². The van der Waals surface area contributed by atoms with Crippen molar-refractivity contribution in [2.75, 3.05) is 16.8 Å². The molecule has 4 heteroatoms. The fourth-order valence-corrected chi connectivity index (χ4v) is 3.16. The average Bonchev–Trinajstić information content (AvgIpc) is 2.46. The summed E-state index contributed by atoms with van der Waals surface area (Å²) < 4.78 is 14.5. The van der Waals surface area contributed by atoms with Crippen molar-refractivity contribution in [1.82, 2.24) is 0 Å². The Bertz CT molecular complexity index is 633. The van der Waals surface area contributed by atoms with E-state index < -0.39 is 0 Å². The summed E-state index contributed by atoms with van der Waals surface area (Å²) in [6.07, 6.45) is 4.57. The quantitative estimate of drug-likeness (QED) is 0.892. The monoisotopic (exact) mass is 287 g/mol. The number of nitrogens with zero attached hydrogens (tertiary/aromatic N) is 1. The van der Waals surface area contributed by atoms with E-state index in [1.165, 1.54) is 0 Å². The summed E-state index contributed by atoms with van der Waals surface area (Å²) in [5, 5.41) is 3.23. The second-order valence-electron chi connectivity index (χ2n) is 5.84. The van der Waals surface area contributed by atoms with Gasteiger partial charge in [0, 0.05) is 23.9 Å². The van der Waals surface area contributed by atoms with E-state index in [0.717, 1.165) is 53.8 Å². The molecule has 0 amide bonds. The summed E-state index contributed by atoms with van der Waals surface area (Å²) in [4.78, 5) is 2.08. The van der Waals surface area contributed by atoms with E-state index in [2.05, 4.69) is 23.7 Å². The van der Waals surface area contributed by atoms with Crippen LogP contribution in [0.3, 0.4) is 0 Å². The van der Waals surface area contributed by atoms with Gasteiger partial charge in [-0.2, -0.15) is 0 Å². The van der Waals surface area contributed by atoms with Crippen LogP contribution in [-0.4, -0.2) is 12.7 Å². The topological polar surface area (TPSA) is 41.3 Å². The molecular formula is C17H22FN3. The molecule has 0 spiro atoms. The van der Waals surface area contributed by atoms with Gasteiger partial charge in [-0.05, 0) is 43.4 Å². The first kappa shape index (κ1) is 14.1. The van der Waals surface area contributed by atoms with Crippen LogP contribution < -0.4 is 16.0 Å². The van der Waals surface area contributed by atoms with Gasteiger partial charge in [-0.25, -0.2) is 4.39 Å². The van der Waals surface area contributed by atoms with Gasteiger partial charge in [-0.1, -0.05) is 13.5 Å². The first-order chi connectivity index (χ1) is 10.0. The summed E-state index contributed by atoms with van der Waals surface area (Å²) >= 11 is 0. The van der Waals surface area contributed by atoms with Crippen molar-refractivity contribution in [2.45, 2.75) is 39.3 Å². The highest BCUT2D eigenvalue weighted by Crippen LogP contribution is 2.45. The number of hydrogen-bond donors (Lipinski definition) is 2. The number of hydrogen-bond acceptors (Lipinski definition) is 3. The molecule has 3 N–H and O–H groups in total. The molecule has 2 aliphatic rings. The number of allylic oxidation sites excluding steroid dienone is 2. The predicted octanol–water partition coefficient (Wildman–Crippen LogP) is 3.62. The lowest BCUT2D eigenvalue weighted by Gasteiger charge is -2.40. The Labute approximate surface area is 125 Å². The van der Waals surface area contributed by atoms with Crippen LogP contribution in [0.2, 0.25) is 0 Å². The Morgan fingerprint density at radius 1 is 1.52 bits per heavy atom. The van der Waals surface area contributed by atoms with Crippen molar-refractivity contribution in [3.05, 3.63) is 41.4 Å². The van der Waals surface area contributed by atoms with Gasteiger partial charge in [0.05, 0.1) is 17.5 Å². The molecule has 0 saturated carbocycles. The van der Waals surface area contributed by atoms with E-state index in [1.807, 2.05) is 13.1 Å². The van der Waals surface area contributed by atoms with Gasteiger partial charge in [-0.15, -0.1) is 0 Å². The summed E-state index contributed by atoms with van der Waals surface area (Å²) in [5.41, 5.74) is 11.7. The van der Waals surface area contributed by atoms with Gasteiger partial charge in [0.2, 0.25) is 0 Å². The van der Waals surface area contributed by atoms with E-state index in [0.29, 0.717) is 5.69 Å². The van der Waals surface area contributed by atoms with Crippen molar-refractivity contribution in [1.29, 1.82) is 0 Å². The van der Waals surface area contributed by atoms with Crippen molar-refractivity contribution in [2.24, 2.45) is 5.73 Å². The zero-order valence-corrected chi connectivity index (χ0v) is 12.7. The van der Waals surface area contributed by atoms with Crippen molar-refractivity contribution in [3.8, 4) is 0 Å². The largest absolute Gasteiger partial charge is 0.382 e. The zero-order valence-electron chi connectivity index (χ0n) is 12.7. The molecule has 1 aromatic carbocycles. The molecule has 3 rings (SSSR count). The summed E-state index contributed by atoms with van der Waals surface area (Å²) in [6, 6.07) is 1.60. The molecule has 21 heavy (non-hydrogen) atoms. The molecule has 3 nitrogen and oxygen atoms in total. The average molecular weight is 287 g/mol. The van der Waals surface area contributed by atoms with Crippen LogP contribution >= 0.6 is 0 Å². The normalized spacial score (nSPS) is 20.2. The van der Waals surface area contributed by atoms with Gasteiger partial charge in [0.25, 0.3) is 0 Å². The Morgan fingerprint density at radius 2 is 2.29 bits per heavy atom. The molecular weight excluding hydrogens is 265 g/mol. The van der Waals surface area contributed by atoms with Crippen LogP contribution in [0, 0.1) is 5.82 Å². The highest BCUT2D eigenvalue weighted by Gasteiger charge is 2.32. The van der Waals surface area contributed by atoms with Crippen molar-refractivity contribution >= 4 is 16.9 Å². The fourth-order valence-electron chi connectivity index (χ4n) is 3.16. The maximum absolute atomic E-state index is 14.5. The Balaban J connectivity index is 2.20. The number of rotatable bonds is 3. The molecule has 0 aromatic heterocycles. The van der Waals surface area contributed by atoms with Gasteiger partial charge >= 0.3 is 0 Å². The van der Waals surface area contributed by atoms with Gasteiger partial charge in [0.15, 0.2) is 0 Å². The highest BCUT2D eigenvalue weighted by molar-refractivity contribution is 5.92. The maximum atomic E-state index is 14.5. The van der Waals surface area contributed by atoms with Gasteiger partial charge in [0.1, 0.15) is 5.82 Å². The lowest BCUT2D eigenvalue weighted by molar-refractivity contribution is 0.578. The van der Waals surface area contributed by atoms with Crippen molar-refractivity contribution < 1.29 is 4.39 Å². The predicted molar refractivity (Wildman–Crippen MR) is 86.7 cm³/mol.